The minimum absolute atomic E-state index is 0.0736. The quantitative estimate of drug-likeness (QED) is 0.248. The van der Waals surface area contributed by atoms with Gasteiger partial charge in [0, 0.05) is 17.1 Å². The first kappa shape index (κ1) is 25.3. The van der Waals surface area contributed by atoms with Crippen LogP contribution < -0.4 is 9.47 Å². The Hall–Kier alpha value is -3.77. The van der Waals surface area contributed by atoms with Crippen LogP contribution in [-0.4, -0.2) is 34.2 Å². The Morgan fingerprint density at radius 3 is 2.25 bits per heavy atom. The molecule has 4 rings (SSSR count). The minimum atomic E-state index is -0.0736. The van der Waals surface area contributed by atoms with E-state index in [0.717, 1.165) is 16.9 Å². The molecule has 6 nitrogen and oxygen atoms in total. The summed E-state index contributed by atoms with van der Waals surface area (Å²) in [6, 6.07) is 24.3. The Labute approximate surface area is 217 Å². The summed E-state index contributed by atoms with van der Waals surface area (Å²) in [5.74, 6) is 1.91. The number of hydrogen-bond donors (Lipinski definition) is 0. The Balaban J connectivity index is 1.78. The number of aromatic nitrogens is 2. The first-order chi connectivity index (χ1) is 17.4. The first-order valence-electron chi connectivity index (χ1n) is 11.9. The van der Waals surface area contributed by atoms with Crippen LogP contribution in [0.15, 0.2) is 78.9 Å². The summed E-state index contributed by atoms with van der Waals surface area (Å²) in [5.41, 5.74) is 3.05. The minimum Gasteiger partial charge on any atom is -0.493 e. The molecule has 0 spiro atoms. The Kier molecular flexibility index (Phi) is 7.96. The third kappa shape index (κ3) is 5.71. The van der Waals surface area contributed by atoms with Crippen molar-refractivity contribution in [3.05, 3.63) is 101 Å². The lowest BCUT2D eigenvalue weighted by Gasteiger charge is -2.25. The van der Waals surface area contributed by atoms with Crippen molar-refractivity contribution < 1.29 is 14.3 Å². The molecule has 7 heteroatoms. The van der Waals surface area contributed by atoms with Crippen molar-refractivity contribution in [3.63, 3.8) is 0 Å². The summed E-state index contributed by atoms with van der Waals surface area (Å²) in [6.45, 7) is 7.03. The van der Waals surface area contributed by atoms with Gasteiger partial charge >= 0.3 is 0 Å². The second-order valence-electron chi connectivity index (χ2n) is 8.96. The number of amides is 1. The molecule has 4 aromatic rings. The summed E-state index contributed by atoms with van der Waals surface area (Å²) in [4.78, 5) is 15.4. The molecule has 186 valence electrons. The number of carbonyl (C=O) groups is 1. The average molecular weight is 504 g/mol. The molecule has 0 unspecified atom stereocenters. The number of nitrogens with zero attached hydrogens (tertiary/aromatic N) is 3. The summed E-state index contributed by atoms with van der Waals surface area (Å²) in [6.07, 6.45) is 0. The number of benzene rings is 3. The van der Waals surface area contributed by atoms with Gasteiger partial charge in [0.25, 0.3) is 5.91 Å². The van der Waals surface area contributed by atoms with E-state index in [1.807, 2.05) is 66.4 Å². The van der Waals surface area contributed by atoms with Crippen LogP contribution >= 0.6 is 11.6 Å². The van der Waals surface area contributed by atoms with Gasteiger partial charge < -0.3 is 14.4 Å². The molecule has 0 N–H and O–H groups in total. The lowest BCUT2D eigenvalue weighted by atomic mass is 10.1. The van der Waals surface area contributed by atoms with E-state index in [9.17, 15) is 4.79 Å². The fraction of sp³-hybridized carbons (Fsp3) is 0.241. The number of hydrogen-bond acceptors (Lipinski definition) is 4. The zero-order valence-electron chi connectivity index (χ0n) is 20.9. The Morgan fingerprint density at radius 1 is 0.972 bits per heavy atom. The highest BCUT2D eigenvalue weighted by molar-refractivity contribution is 6.30. The fourth-order valence-electron chi connectivity index (χ4n) is 4.00. The van der Waals surface area contributed by atoms with E-state index in [2.05, 4.69) is 13.8 Å². The van der Waals surface area contributed by atoms with Gasteiger partial charge in [-0.2, -0.15) is 5.10 Å². The Bertz CT molecular complexity index is 1320. The number of ether oxygens (including phenoxy) is 2. The number of carbonyl (C=O) groups excluding carboxylic acids is 1. The molecule has 0 saturated carbocycles. The van der Waals surface area contributed by atoms with E-state index >= 15 is 0 Å². The maximum absolute atomic E-state index is 13.5. The maximum atomic E-state index is 13.5. The molecule has 0 radical (unpaired) electrons. The van der Waals surface area contributed by atoms with Gasteiger partial charge in [-0.25, -0.2) is 4.68 Å². The van der Waals surface area contributed by atoms with Crippen molar-refractivity contribution >= 4 is 17.5 Å². The van der Waals surface area contributed by atoms with Gasteiger partial charge in [-0.05, 0) is 61.4 Å². The molecule has 1 heterocycles. The number of halogens is 1. The lowest BCUT2D eigenvalue weighted by molar-refractivity contribution is 0.0721. The average Bonchev–Trinajstić information content (AvgIpc) is 3.19. The highest BCUT2D eigenvalue weighted by Gasteiger charge is 2.25. The molecule has 0 fully saturated rings. The molecule has 0 atom stereocenters. The van der Waals surface area contributed by atoms with Crippen LogP contribution in [-0.2, 0) is 6.54 Å². The topological polar surface area (TPSA) is 56.6 Å². The highest BCUT2D eigenvalue weighted by Crippen LogP contribution is 2.36. The van der Waals surface area contributed by atoms with Crippen molar-refractivity contribution in [2.75, 3.05) is 13.7 Å². The number of methoxy groups -OCH3 is 1. The van der Waals surface area contributed by atoms with Gasteiger partial charge in [-0.3, -0.25) is 4.79 Å². The van der Waals surface area contributed by atoms with Crippen molar-refractivity contribution in [3.8, 4) is 23.1 Å². The molecule has 1 amide bonds. The monoisotopic (exact) mass is 503 g/mol. The number of para-hydroxylation sites is 3. The van der Waals surface area contributed by atoms with Crippen LogP contribution in [0.4, 0.5) is 0 Å². The molecule has 0 bridgehead atoms. The molecule has 0 saturated heterocycles. The molecule has 0 aliphatic carbocycles. The predicted molar refractivity (Wildman–Crippen MR) is 142 cm³/mol. The van der Waals surface area contributed by atoms with Crippen molar-refractivity contribution in [1.82, 2.24) is 14.7 Å². The van der Waals surface area contributed by atoms with Gasteiger partial charge in [0.1, 0.15) is 0 Å². The standard InChI is InChI=1S/C29H30ClN3O3/c1-20(2)18-32(28(34)22-14-16-23(30)17-15-22)19-25-21(3)31-33(24-10-6-5-7-11-24)29(25)36-27-13-9-8-12-26(27)35-4/h5-17,20H,18-19H2,1-4H3. The maximum Gasteiger partial charge on any atom is 0.254 e. The molecule has 36 heavy (non-hydrogen) atoms. The summed E-state index contributed by atoms with van der Waals surface area (Å²) < 4.78 is 13.8. The van der Waals surface area contributed by atoms with Crippen molar-refractivity contribution in [2.24, 2.45) is 5.92 Å². The first-order valence-corrected chi connectivity index (χ1v) is 12.2. The van der Waals surface area contributed by atoms with Crippen LogP contribution in [0.1, 0.15) is 35.5 Å². The smallest absolute Gasteiger partial charge is 0.254 e. The summed E-state index contributed by atoms with van der Waals surface area (Å²) >= 11 is 6.05. The van der Waals surface area contributed by atoms with Gasteiger partial charge in [0.15, 0.2) is 11.5 Å². The fourth-order valence-corrected chi connectivity index (χ4v) is 4.13. The van der Waals surface area contributed by atoms with Gasteiger partial charge in [-0.1, -0.05) is 55.8 Å². The zero-order chi connectivity index (χ0) is 25.7. The molecule has 3 aromatic carbocycles. The number of rotatable bonds is 9. The molecular formula is C29H30ClN3O3. The van der Waals surface area contributed by atoms with Crippen LogP contribution in [0.3, 0.4) is 0 Å². The SMILES string of the molecule is COc1ccccc1Oc1c(CN(CC(C)C)C(=O)c2ccc(Cl)cc2)c(C)nn1-c1ccccc1. The van der Waals surface area contributed by atoms with Gasteiger partial charge in [-0.15, -0.1) is 0 Å². The molecule has 0 aliphatic rings. The zero-order valence-corrected chi connectivity index (χ0v) is 21.7. The number of aryl methyl sites for hydroxylation is 1. The van der Waals surface area contributed by atoms with E-state index in [-0.39, 0.29) is 11.8 Å². The van der Waals surface area contributed by atoms with Crippen molar-refractivity contribution in [1.29, 1.82) is 0 Å². The Morgan fingerprint density at radius 2 is 1.61 bits per heavy atom. The van der Waals surface area contributed by atoms with Crippen molar-refractivity contribution in [2.45, 2.75) is 27.3 Å². The summed E-state index contributed by atoms with van der Waals surface area (Å²) in [5, 5.41) is 5.40. The molecular weight excluding hydrogens is 474 g/mol. The predicted octanol–water partition coefficient (Wildman–Crippen LogP) is 6.93. The van der Waals surface area contributed by atoms with E-state index in [0.29, 0.717) is 41.1 Å². The third-order valence-corrected chi connectivity index (χ3v) is 5.98. The van der Waals surface area contributed by atoms with E-state index in [4.69, 9.17) is 26.2 Å². The van der Waals surface area contributed by atoms with Crippen LogP contribution in [0.5, 0.6) is 17.4 Å². The largest absolute Gasteiger partial charge is 0.493 e. The van der Waals surface area contributed by atoms with E-state index in [1.54, 1.807) is 36.1 Å². The van der Waals surface area contributed by atoms with Crippen LogP contribution in [0.25, 0.3) is 5.69 Å². The van der Waals surface area contributed by atoms with Gasteiger partial charge in [0.2, 0.25) is 5.88 Å². The van der Waals surface area contributed by atoms with E-state index < -0.39 is 0 Å². The normalized spacial score (nSPS) is 10.9. The second kappa shape index (κ2) is 11.3. The lowest BCUT2D eigenvalue weighted by Crippen LogP contribution is -2.34. The van der Waals surface area contributed by atoms with Gasteiger partial charge in [0.05, 0.1) is 30.6 Å². The van der Waals surface area contributed by atoms with Crippen LogP contribution in [0, 0.1) is 12.8 Å². The molecule has 1 aromatic heterocycles. The van der Waals surface area contributed by atoms with E-state index in [1.165, 1.54) is 0 Å². The summed E-state index contributed by atoms with van der Waals surface area (Å²) in [7, 11) is 1.61. The third-order valence-electron chi connectivity index (χ3n) is 5.73. The molecule has 0 aliphatic heterocycles. The second-order valence-corrected chi connectivity index (χ2v) is 9.39. The highest BCUT2D eigenvalue weighted by atomic mass is 35.5. The van der Waals surface area contributed by atoms with Crippen LogP contribution in [0.2, 0.25) is 5.02 Å².